The summed E-state index contributed by atoms with van der Waals surface area (Å²) in [6, 6.07) is 10.2. The van der Waals surface area contributed by atoms with Crippen LogP contribution in [0.5, 0.6) is 0 Å². The van der Waals surface area contributed by atoms with Crippen molar-refractivity contribution in [3.05, 3.63) is 41.5 Å². The van der Waals surface area contributed by atoms with Crippen LogP contribution in [0.15, 0.2) is 35.9 Å². The molecule has 1 aromatic rings. The Kier molecular flexibility index (Phi) is 4.11. The summed E-state index contributed by atoms with van der Waals surface area (Å²) < 4.78 is 0. The number of carbonyl (C=O) groups is 1. The van der Waals surface area contributed by atoms with Crippen molar-refractivity contribution >= 4 is 12.4 Å². The van der Waals surface area contributed by atoms with Crippen molar-refractivity contribution < 1.29 is 4.79 Å². The zero-order chi connectivity index (χ0) is 10.4. The van der Waals surface area contributed by atoms with E-state index in [4.69, 9.17) is 0 Å². The minimum absolute atomic E-state index is 0.120. The van der Waals surface area contributed by atoms with Crippen molar-refractivity contribution in [2.75, 3.05) is 0 Å². The number of benzene rings is 1. The molecule has 74 valence electrons. The molecule has 0 spiro atoms. The number of rotatable bonds is 4. The summed E-state index contributed by atoms with van der Waals surface area (Å²) in [6.45, 7) is 4.00. The number of aldehydes is 1. The lowest BCUT2D eigenvalue weighted by atomic mass is 10.0. The Morgan fingerprint density at radius 3 is 2.57 bits per heavy atom. The van der Waals surface area contributed by atoms with Gasteiger partial charge in [-0.15, -0.1) is 0 Å². The maximum absolute atomic E-state index is 10.5. The molecular weight excluding hydrogens is 172 g/mol. The highest BCUT2D eigenvalue weighted by Crippen LogP contribution is 2.13. The van der Waals surface area contributed by atoms with E-state index in [0.29, 0.717) is 0 Å². The quantitative estimate of drug-likeness (QED) is 0.662. The number of hydrogen-bond donors (Lipinski definition) is 0. The summed E-state index contributed by atoms with van der Waals surface area (Å²) in [5.41, 5.74) is 2.44. The van der Waals surface area contributed by atoms with Gasteiger partial charge < -0.3 is 4.79 Å². The van der Waals surface area contributed by atoms with Crippen LogP contribution in [0, 0.1) is 5.92 Å². The van der Waals surface area contributed by atoms with Gasteiger partial charge in [0.1, 0.15) is 6.29 Å². The van der Waals surface area contributed by atoms with Crippen LogP contribution >= 0.6 is 0 Å². The summed E-state index contributed by atoms with van der Waals surface area (Å²) in [6.07, 6.45) is 3.97. The summed E-state index contributed by atoms with van der Waals surface area (Å²) in [5.74, 6) is 0.120. The minimum atomic E-state index is 0.120. The van der Waals surface area contributed by atoms with E-state index < -0.39 is 0 Å². The fourth-order valence-corrected chi connectivity index (χ4v) is 1.45. The van der Waals surface area contributed by atoms with E-state index >= 15 is 0 Å². The first kappa shape index (κ1) is 10.7. The first-order valence-corrected chi connectivity index (χ1v) is 4.90. The summed E-state index contributed by atoms with van der Waals surface area (Å²) in [7, 11) is 0. The van der Waals surface area contributed by atoms with Crippen LogP contribution in [-0.4, -0.2) is 6.29 Å². The second-order valence-electron chi connectivity index (χ2n) is 3.72. The first-order chi connectivity index (χ1) is 6.72. The molecule has 1 unspecified atom stereocenters. The van der Waals surface area contributed by atoms with Crippen LogP contribution in [-0.2, 0) is 4.79 Å². The highest BCUT2D eigenvalue weighted by Gasteiger charge is 2.00. The van der Waals surface area contributed by atoms with Gasteiger partial charge in [-0.1, -0.05) is 48.9 Å². The molecule has 0 saturated heterocycles. The van der Waals surface area contributed by atoms with Gasteiger partial charge in [-0.25, -0.2) is 0 Å². The molecule has 0 amide bonds. The molecular formula is C13H16O. The lowest BCUT2D eigenvalue weighted by Crippen LogP contribution is -1.95. The smallest absolute Gasteiger partial charge is 0.123 e. The Bertz CT molecular complexity index is 311. The largest absolute Gasteiger partial charge is 0.303 e. The molecule has 1 heteroatoms. The molecule has 0 aliphatic rings. The van der Waals surface area contributed by atoms with Crippen molar-refractivity contribution in [2.45, 2.75) is 20.3 Å². The van der Waals surface area contributed by atoms with Crippen LogP contribution in [0.3, 0.4) is 0 Å². The number of hydrogen-bond acceptors (Lipinski definition) is 1. The average Bonchev–Trinajstić information content (AvgIpc) is 2.19. The lowest BCUT2D eigenvalue weighted by molar-refractivity contribution is -0.110. The number of carbonyl (C=O) groups excluding carboxylic acids is 1. The summed E-state index contributed by atoms with van der Waals surface area (Å²) in [4.78, 5) is 10.5. The second kappa shape index (κ2) is 5.38. The molecule has 0 aliphatic heterocycles. The van der Waals surface area contributed by atoms with E-state index in [1.165, 1.54) is 11.1 Å². The predicted octanol–water partition coefficient (Wildman–Crippen LogP) is 3.32. The Labute approximate surface area is 85.5 Å². The summed E-state index contributed by atoms with van der Waals surface area (Å²) >= 11 is 0. The van der Waals surface area contributed by atoms with Gasteiger partial charge >= 0.3 is 0 Å². The Morgan fingerprint density at radius 2 is 2.00 bits per heavy atom. The molecule has 0 N–H and O–H groups in total. The van der Waals surface area contributed by atoms with Gasteiger partial charge in [0.15, 0.2) is 0 Å². The molecule has 14 heavy (non-hydrogen) atoms. The maximum atomic E-state index is 10.5. The fraction of sp³-hybridized carbons (Fsp3) is 0.308. The Balaban J connectivity index is 2.64. The normalized spacial score (nSPS) is 13.7. The molecule has 0 fully saturated rings. The van der Waals surface area contributed by atoms with Crippen LogP contribution < -0.4 is 0 Å². The lowest BCUT2D eigenvalue weighted by Gasteiger charge is -2.03. The molecule has 0 aromatic heterocycles. The standard InChI is InChI=1S/C13H16O/c1-11(8-12(2)10-14)9-13-6-4-3-5-7-13/h3-7,9-10,12H,8H2,1-2H3/b11-9+. The highest BCUT2D eigenvalue weighted by molar-refractivity contribution is 5.56. The third kappa shape index (κ3) is 3.56. The third-order valence-electron chi connectivity index (χ3n) is 2.09. The topological polar surface area (TPSA) is 17.1 Å². The van der Waals surface area contributed by atoms with Crippen molar-refractivity contribution in [3.8, 4) is 0 Å². The SMILES string of the molecule is C/C(=C\c1ccccc1)CC(C)C=O. The van der Waals surface area contributed by atoms with E-state index in [0.717, 1.165) is 12.7 Å². The van der Waals surface area contributed by atoms with Crippen molar-refractivity contribution in [1.29, 1.82) is 0 Å². The van der Waals surface area contributed by atoms with Gasteiger partial charge in [0.25, 0.3) is 0 Å². The summed E-state index contributed by atoms with van der Waals surface area (Å²) in [5, 5.41) is 0. The molecule has 0 heterocycles. The van der Waals surface area contributed by atoms with Gasteiger partial charge in [0.05, 0.1) is 0 Å². The molecule has 0 aliphatic carbocycles. The van der Waals surface area contributed by atoms with Crippen molar-refractivity contribution in [3.63, 3.8) is 0 Å². The maximum Gasteiger partial charge on any atom is 0.123 e. The average molecular weight is 188 g/mol. The van der Waals surface area contributed by atoms with Crippen molar-refractivity contribution in [2.24, 2.45) is 5.92 Å². The van der Waals surface area contributed by atoms with Gasteiger partial charge in [0, 0.05) is 5.92 Å². The van der Waals surface area contributed by atoms with E-state index in [1.807, 2.05) is 25.1 Å². The van der Waals surface area contributed by atoms with Crippen LogP contribution in [0.25, 0.3) is 6.08 Å². The van der Waals surface area contributed by atoms with E-state index in [-0.39, 0.29) is 5.92 Å². The molecule has 1 atom stereocenters. The molecule has 0 saturated carbocycles. The van der Waals surface area contributed by atoms with E-state index in [9.17, 15) is 4.79 Å². The van der Waals surface area contributed by atoms with Crippen LogP contribution in [0.1, 0.15) is 25.8 Å². The van der Waals surface area contributed by atoms with Crippen LogP contribution in [0.4, 0.5) is 0 Å². The predicted molar refractivity (Wildman–Crippen MR) is 59.9 cm³/mol. The highest BCUT2D eigenvalue weighted by atomic mass is 16.1. The van der Waals surface area contributed by atoms with Gasteiger partial charge in [-0.2, -0.15) is 0 Å². The molecule has 1 nitrogen and oxygen atoms in total. The Hall–Kier alpha value is -1.37. The molecule has 0 radical (unpaired) electrons. The van der Waals surface area contributed by atoms with Gasteiger partial charge in [0.2, 0.25) is 0 Å². The van der Waals surface area contributed by atoms with E-state index in [1.54, 1.807) is 0 Å². The zero-order valence-corrected chi connectivity index (χ0v) is 8.73. The van der Waals surface area contributed by atoms with Crippen molar-refractivity contribution in [1.82, 2.24) is 0 Å². The first-order valence-electron chi connectivity index (χ1n) is 4.90. The fourth-order valence-electron chi connectivity index (χ4n) is 1.45. The molecule has 0 bridgehead atoms. The van der Waals surface area contributed by atoms with Crippen LogP contribution in [0.2, 0.25) is 0 Å². The monoisotopic (exact) mass is 188 g/mol. The second-order valence-corrected chi connectivity index (χ2v) is 3.72. The Morgan fingerprint density at radius 1 is 1.36 bits per heavy atom. The third-order valence-corrected chi connectivity index (χ3v) is 2.09. The molecule has 1 rings (SSSR count). The minimum Gasteiger partial charge on any atom is -0.303 e. The van der Waals surface area contributed by atoms with Gasteiger partial charge in [-0.05, 0) is 18.9 Å². The van der Waals surface area contributed by atoms with Gasteiger partial charge in [-0.3, -0.25) is 0 Å². The van der Waals surface area contributed by atoms with E-state index in [2.05, 4.69) is 25.1 Å². The number of allylic oxidation sites excluding steroid dienone is 1. The molecule has 1 aromatic carbocycles. The zero-order valence-electron chi connectivity index (χ0n) is 8.73.